The highest BCUT2D eigenvalue weighted by molar-refractivity contribution is 6.29. The number of unbranched alkanes of at least 4 members (excludes halogenated alkanes) is 2. The number of benzene rings is 2. The van der Waals surface area contributed by atoms with Crippen LogP contribution in [0.4, 0.5) is 0 Å². The van der Waals surface area contributed by atoms with E-state index >= 15 is 0 Å². The van der Waals surface area contributed by atoms with E-state index in [9.17, 15) is 19.5 Å². The summed E-state index contributed by atoms with van der Waals surface area (Å²) < 4.78 is 0. The number of fused-ring (bicyclic) bond motifs is 2. The Morgan fingerprint density at radius 1 is 1.00 bits per heavy atom. The molecule has 0 amide bonds. The van der Waals surface area contributed by atoms with Crippen LogP contribution in [0.25, 0.3) is 0 Å². The molecule has 1 aliphatic carbocycles. The van der Waals surface area contributed by atoms with Gasteiger partial charge in [0.15, 0.2) is 11.6 Å². The number of aromatic carboxylic acids is 1. The van der Waals surface area contributed by atoms with E-state index in [1.165, 1.54) is 12.1 Å². The fourth-order valence-corrected chi connectivity index (χ4v) is 2.91. The quantitative estimate of drug-likeness (QED) is 0.586. The third kappa shape index (κ3) is 2.85. The van der Waals surface area contributed by atoms with Gasteiger partial charge in [0.2, 0.25) is 0 Å². The van der Waals surface area contributed by atoms with Gasteiger partial charge in [0.25, 0.3) is 0 Å². The molecule has 0 aromatic heterocycles. The fraction of sp³-hybridized carbons (Fsp3) is 0.190. The van der Waals surface area contributed by atoms with Crippen molar-refractivity contribution in [2.45, 2.75) is 26.2 Å². The largest absolute Gasteiger partial charge is 0.478 e. The summed E-state index contributed by atoms with van der Waals surface area (Å²) in [4.78, 5) is 37.2. The van der Waals surface area contributed by atoms with E-state index < -0.39 is 5.97 Å². The number of ketones is 2. The number of hydrogen-bond donors (Lipinski definition) is 1. The monoisotopic (exact) mass is 332 g/mol. The van der Waals surface area contributed by atoms with Crippen LogP contribution in [0.15, 0.2) is 36.4 Å². The zero-order valence-electron chi connectivity index (χ0n) is 13.8. The highest BCUT2D eigenvalue weighted by Crippen LogP contribution is 2.31. The predicted molar refractivity (Wildman–Crippen MR) is 93.1 cm³/mol. The van der Waals surface area contributed by atoms with Crippen LogP contribution in [-0.4, -0.2) is 22.6 Å². The van der Waals surface area contributed by atoms with Gasteiger partial charge in [-0.15, -0.1) is 0 Å². The summed E-state index contributed by atoms with van der Waals surface area (Å²) in [7, 11) is 0. The molecule has 0 bridgehead atoms. The summed E-state index contributed by atoms with van der Waals surface area (Å²) >= 11 is 0. The lowest BCUT2D eigenvalue weighted by atomic mass is 9.80. The Labute approximate surface area is 145 Å². The van der Waals surface area contributed by atoms with Gasteiger partial charge in [-0.3, -0.25) is 9.59 Å². The van der Waals surface area contributed by atoms with Crippen LogP contribution in [0.5, 0.6) is 0 Å². The molecule has 124 valence electrons. The molecule has 4 nitrogen and oxygen atoms in total. The highest BCUT2D eigenvalue weighted by Gasteiger charge is 2.33. The van der Waals surface area contributed by atoms with Crippen molar-refractivity contribution in [3.8, 4) is 11.8 Å². The van der Waals surface area contributed by atoms with Crippen molar-refractivity contribution in [1.82, 2.24) is 0 Å². The van der Waals surface area contributed by atoms with Gasteiger partial charge in [0.1, 0.15) is 0 Å². The van der Waals surface area contributed by atoms with E-state index in [2.05, 4.69) is 11.8 Å². The Kier molecular flexibility index (Phi) is 4.49. The molecule has 2 aromatic carbocycles. The molecule has 2 aromatic rings. The topological polar surface area (TPSA) is 71.4 Å². The molecule has 3 rings (SSSR count). The normalized spacial score (nSPS) is 12.0. The maximum absolute atomic E-state index is 12.9. The summed E-state index contributed by atoms with van der Waals surface area (Å²) in [5, 5.41) is 9.45. The second-order valence-electron chi connectivity index (χ2n) is 5.82. The molecular formula is C21H16O4. The molecule has 0 saturated carbocycles. The molecule has 0 spiro atoms. The van der Waals surface area contributed by atoms with Gasteiger partial charge in [-0.05, 0) is 18.6 Å². The minimum atomic E-state index is -1.17. The van der Waals surface area contributed by atoms with Crippen LogP contribution in [0, 0.1) is 11.8 Å². The van der Waals surface area contributed by atoms with Crippen molar-refractivity contribution in [3.63, 3.8) is 0 Å². The summed E-state index contributed by atoms with van der Waals surface area (Å²) in [6, 6.07) is 9.33. The Balaban J connectivity index is 2.24. The number of rotatable bonds is 3. The molecule has 0 fully saturated rings. The summed E-state index contributed by atoms with van der Waals surface area (Å²) in [5.41, 5.74) is 1.03. The molecule has 4 heteroatoms. The van der Waals surface area contributed by atoms with E-state index in [0.717, 1.165) is 12.8 Å². The average Bonchev–Trinajstić information content (AvgIpc) is 2.62. The van der Waals surface area contributed by atoms with Crippen molar-refractivity contribution in [3.05, 3.63) is 69.8 Å². The number of carboxylic acid groups (broad SMARTS) is 1. The second kappa shape index (κ2) is 6.74. The first-order chi connectivity index (χ1) is 12.1. The molecule has 0 unspecified atom stereocenters. The molecule has 0 saturated heterocycles. The third-order valence-corrected chi connectivity index (χ3v) is 4.19. The number of carbonyl (C=O) groups is 3. The smallest absolute Gasteiger partial charge is 0.336 e. The van der Waals surface area contributed by atoms with Crippen LogP contribution >= 0.6 is 0 Å². The number of hydrogen-bond acceptors (Lipinski definition) is 3. The first-order valence-electron chi connectivity index (χ1n) is 8.13. The lowest BCUT2D eigenvalue weighted by Gasteiger charge is -2.19. The van der Waals surface area contributed by atoms with Crippen LogP contribution in [-0.2, 0) is 0 Å². The number of carboxylic acids is 1. The van der Waals surface area contributed by atoms with E-state index in [1.807, 2.05) is 6.92 Å². The lowest BCUT2D eigenvalue weighted by molar-refractivity contribution is 0.0696. The van der Waals surface area contributed by atoms with Crippen LogP contribution in [0.2, 0.25) is 0 Å². The van der Waals surface area contributed by atoms with Gasteiger partial charge in [0, 0.05) is 23.1 Å². The first-order valence-corrected chi connectivity index (χ1v) is 8.13. The van der Waals surface area contributed by atoms with Crippen molar-refractivity contribution < 1.29 is 19.5 Å². The molecule has 1 N–H and O–H groups in total. The Morgan fingerprint density at radius 3 is 2.32 bits per heavy atom. The van der Waals surface area contributed by atoms with Gasteiger partial charge in [-0.2, -0.15) is 0 Å². The molecule has 0 aliphatic heterocycles. The van der Waals surface area contributed by atoms with Crippen LogP contribution in [0.1, 0.15) is 74.0 Å². The summed E-state index contributed by atoms with van der Waals surface area (Å²) in [5.74, 6) is 3.97. The Morgan fingerprint density at radius 2 is 1.68 bits per heavy atom. The minimum absolute atomic E-state index is 0.0525. The number of carbonyl (C=O) groups excluding carboxylic acids is 2. The predicted octanol–water partition coefficient (Wildman–Crippen LogP) is 3.70. The average molecular weight is 332 g/mol. The van der Waals surface area contributed by atoms with Gasteiger partial charge >= 0.3 is 5.97 Å². The maximum Gasteiger partial charge on any atom is 0.336 e. The van der Waals surface area contributed by atoms with Gasteiger partial charge < -0.3 is 5.11 Å². The van der Waals surface area contributed by atoms with Crippen LogP contribution < -0.4 is 0 Å². The van der Waals surface area contributed by atoms with Gasteiger partial charge in [-0.1, -0.05) is 49.5 Å². The minimum Gasteiger partial charge on any atom is -0.478 e. The standard InChI is InChI=1S/C21H16O4/c1-2-3-4-5-8-13-16(21(24)25)11-12-17-18(13)20(23)15-10-7-6-9-14(15)19(17)22/h6-7,9-12H,2-4H2,1H3,(H,24,25). The third-order valence-electron chi connectivity index (χ3n) is 4.19. The molecule has 0 heterocycles. The van der Waals surface area contributed by atoms with Crippen LogP contribution in [0.3, 0.4) is 0 Å². The second-order valence-corrected chi connectivity index (χ2v) is 5.82. The highest BCUT2D eigenvalue weighted by atomic mass is 16.4. The SMILES string of the molecule is CCCCC#Cc1c(C(=O)O)ccc2c1C(=O)c1ccccc1C2=O. The van der Waals surface area contributed by atoms with Gasteiger partial charge in [0.05, 0.1) is 16.7 Å². The van der Waals surface area contributed by atoms with Crippen molar-refractivity contribution in [1.29, 1.82) is 0 Å². The van der Waals surface area contributed by atoms with E-state index in [0.29, 0.717) is 17.5 Å². The van der Waals surface area contributed by atoms with Gasteiger partial charge in [-0.25, -0.2) is 4.79 Å². The summed E-state index contributed by atoms with van der Waals surface area (Å²) in [6.07, 6.45) is 2.47. The molecule has 0 radical (unpaired) electrons. The molecule has 25 heavy (non-hydrogen) atoms. The first kappa shape index (κ1) is 16.7. The maximum atomic E-state index is 12.9. The van der Waals surface area contributed by atoms with E-state index in [-0.39, 0.29) is 33.8 Å². The van der Waals surface area contributed by atoms with Crippen molar-refractivity contribution >= 4 is 17.5 Å². The van der Waals surface area contributed by atoms with Crippen molar-refractivity contribution in [2.24, 2.45) is 0 Å². The fourth-order valence-electron chi connectivity index (χ4n) is 2.91. The Hall–Kier alpha value is -3.19. The van der Waals surface area contributed by atoms with E-state index in [1.54, 1.807) is 24.3 Å². The lowest BCUT2D eigenvalue weighted by Crippen LogP contribution is -2.23. The van der Waals surface area contributed by atoms with E-state index in [4.69, 9.17) is 0 Å². The zero-order valence-corrected chi connectivity index (χ0v) is 13.8. The van der Waals surface area contributed by atoms with Crippen molar-refractivity contribution in [2.75, 3.05) is 0 Å². The zero-order chi connectivity index (χ0) is 18.0. The Bertz CT molecular complexity index is 958. The molecule has 1 aliphatic rings. The molecular weight excluding hydrogens is 316 g/mol. The molecule has 0 atom stereocenters. The summed E-state index contributed by atoms with van der Waals surface area (Å²) in [6.45, 7) is 2.04.